The van der Waals surface area contributed by atoms with Crippen molar-refractivity contribution >= 4 is 17.1 Å². The Kier molecular flexibility index (Phi) is 1.91. The molecule has 56 valence electrons. The van der Waals surface area contributed by atoms with E-state index in [1.807, 2.05) is 0 Å². The van der Waals surface area contributed by atoms with E-state index in [9.17, 15) is 9.81 Å². The molecule has 0 radical (unpaired) electrons. The third-order valence-corrected chi connectivity index (χ3v) is 1.24. The molecule has 0 aliphatic carbocycles. The summed E-state index contributed by atoms with van der Waals surface area (Å²) in [6, 6.07) is 4.38. The molecule has 0 saturated carbocycles. The first kappa shape index (κ1) is 7.33. The molecule has 0 amide bonds. The van der Waals surface area contributed by atoms with E-state index in [1.54, 1.807) is 0 Å². The fourth-order valence-electron chi connectivity index (χ4n) is 0.722. The SMILES string of the molecule is Nc1cccc(N=O)c1N=O. The summed E-state index contributed by atoms with van der Waals surface area (Å²) in [6.45, 7) is 0. The molecule has 1 rings (SSSR count). The smallest absolute Gasteiger partial charge is 0.160 e. The number of nitroso groups, excluding NO2 is 2. The van der Waals surface area contributed by atoms with Crippen molar-refractivity contribution in [1.82, 2.24) is 0 Å². The fraction of sp³-hybridized carbons (Fsp3) is 0. The van der Waals surface area contributed by atoms with Crippen LogP contribution in [0.15, 0.2) is 28.6 Å². The predicted molar refractivity (Wildman–Crippen MR) is 41.8 cm³/mol. The number of nitrogens with two attached hydrogens (primary N) is 1. The van der Waals surface area contributed by atoms with Crippen molar-refractivity contribution in [3.8, 4) is 0 Å². The van der Waals surface area contributed by atoms with E-state index in [0.29, 0.717) is 0 Å². The summed E-state index contributed by atoms with van der Waals surface area (Å²) in [5.41, 5.74) is 5.36. The molecule has 0 unspecified atom stereocenters. The zero-order valence-electron chi connectivity index (χ0n) is 5.52. The molecule has 0 aliphatic heterocycles. The minimum absolute atomic E-state index is 0.0278. The summed E-state index contributed by atoms with van der Waals surface area (Å²) < 4.78 is 0. The molecule has 0 spiro atoms. The van der Waals surface area contributed by atoms with Crippen LogP contribution in [0.4, 0.5) is 17.1 Å². The van der Waals surface area contributed by atoms with Gasteiger partial charge in [0.15, 0.2) is 5.69 Å². The molecule has 11 heavy (non-hydrogen) atoms. The van der Waals surface area contributed by atoms with Gasteiger partial charge in [-0.2, -0.15) is 0 Å². The largest absolute Gasteiger partial charge is 0.397 e. The van der Waals surface area contributed by atoms with Crippen LogP contribution in [-0.2, 0) is 0 Å². The van der Waals surface area contributed by atoms with Gasteiger partial charge in [0.1, 0.15) is 5.69 Å². The molecule has 1 aromatic carbocycles. The summed E-state index contributed by atoms with van der Waals surface area (Å²) in [5, 5.41) is 5.15. The molecule has 0 atom stereocenters. The minimum Gasteiger partial charge on any atom is -0.397 e. The van der Waals surface area contributed by atoms with Crippen LogP contribution in [0.2, 0.25) is 0 Å². The van der Waals surface area contributed by atoms with Crippen molar-refractivity contribution in [3.05, 3.63) is 28.0 Å². The molecule has 0 saturated heterocycles. The second kappa shape index (κ2) is 2.87. The van der Waals surface area contributed by atoms with E-state index in [0.717, 1.165) is 0 Å². The molecule has 0 aromatic heterocycles. The van der Waals surface area contributed by atoms with Gasteiger partial charge in [0.2, 0.25) is 0 Å². The van der Waals surface area contributed by atoms with Crippen LogP contribution in [0.3, 0.4) is 0 Å². The van der Waals surface area contributed by atoms with Crippen LogP contribution < -0.4 is 5.73 Å². The normalized spacial score (nSPS) is 9.09. The lowest BCUT2D eigenvalue weighted by Crippen LogP contribution is -1.83. The van der Waals surface area contributed by atoms with Crippen LogP contribution >= 0.6 is 0 Å². The second-order valence-electron chi connectivity index (χ2n) is 1.90. The molecule has 2 N–H and O–H groups in total. The van der Waals surface area contributed by atoms with Gasteiger partial charge in [-0.25, -0.2) is 0 Å². The van der Waals surface area contributed by atoms with E-state index in [2.05, 4.69) is 10.4 Å². The summed E-state index contributed by atoms with van der Waals surface area (Å²) in [7, 11) is 0. The summed E-state index contributed by atoms with van der Waals surface area (Å²) >= 11 is 0. The minimum atomic E-state index is -0.0949. The van der Waals surface area contributed by atoms with Gasteiger partial charge in [0.05, 0.1) is 5.69 Å². The van der Waals surface area contributed by atoms with Gasteiger partial charge in [0.25, 0.3) is 0 Å². The van der Waals surface area contributed by atoms with Crippen LogP contribution in [-0.4, -0.2) is 0 Å². The Bertz CT molecular complexity index is 298. The molecule has 0 fully saturated rings. The fourth-order valence-corrected chi connectivity index (χ4v) is 0.722. The summed E-state index contributed by atoms with van der Waals surface area (Å²) in [5.74, 6) is 0. The molecule has 5 nitrogen and oxygen atoms in total. The standard InChI is InChI=1S/C6H5N3O2/c7-4-2-1-3-5(8-10)6(4)9-11/h1-3H,7H2. The van der Waals surface area contributed by atoms with Crippen molar-refractivity contribution < 1.29 is 0 Å². The lowest BCUT2D eigenvalue weighted by Gasteiger charge is -1.95. The van der Waals surface area contributed by atoms with Gasteiger partial charge in [-0.3, -0.25) is 0 Å². The summed E-state index contributed by atoms with van der Waals surface area (Å²) in [6.07, 6.45) is 0. The second-order valence-corrected chi connectivity index (χ2v) is 1.90. The highest BCUT2D eigenvalue weighted by Crippen LogP contribution is 2.32. The number of benzene rings is 1. The van der Waals surface area contributed by atoms with E-state index in [-0.39, 0.29) is 17.1 Å². The van der Waals surface area contributed by atoms with Crippen LogP contribution in [0, 0.1) is 9.81 Å². The first-order valence-corrected chi connectivity index (χ1v) is 2.85. The van der Waals surface area contributed by atoms with Crippen molar-refractivity contribution in [3.63, 3.8) is 0 Å². The molecular formula is C6H5N3O2. The monoisotopic (exact) mass is 151 g/mol. The maximum absolute atomic E-state index is 10.1. The Hall–Kier alpha value is -1.78. The van der Waals surface area contributed by atoms with Crippen LogP contribution in [0.1, 0.15) is 0 Å². The van der Waals surface area contributed by atoms with Gasteiger partial charge >= 0.3 is 0 Å². The molecule has 1 aromatic rings. The van der Waals surface area contributed by atoms with Crippen molar-refractivity contribution in [2.24, 2.45) is 10.4 Å². The number of anilines is 1. The number of nitrogens with zero attached hydrogens (tertiary/aromatic N) is 2. The third kappa shape index (κ3) is 1.21. The average Bonchev–Trinajstić information content (AvgIpc) is 2.04. The van der Waals surface area contributed by atoms with E-state index in [1.165, 1.54) is 18.2 Å². The number of rotatable bonds is 2. The molecule has 0 aliphatic rings. The number of hydrogen-bond donors (Lipinski definition) is 1. The van der Waals surface area contributed by atoms with E-state index >= 15 is 0 Å². The van der Waals surface area contributed by atoms with Gasteiger partial charge in [-0.05, 0) is 22.5 Å². The maximum Gasteiger partial charge on any atom is 0.160 e. The van der Waals surface area contributed by atoms with Gasteiger partial charge in [-0.15, -0.1) is 9.81 Å². The summed E-state index contributed by atoms with van der Waals surface area (Å²) in [4.78, 5) is 20.1. The van der Waals surface area contributed by atoms with Gasteiger partial charge in [-0.1, -0.05) is 6.07 Å². The molecule has 0 bridgehead atoms. The zero-order chi connectivity index (χ0) is 8.27. The lowest BCUT2D eigenvalue weighted by atomic mass is 10.2. The highest BCUT2D eigenvalue weighted by atomic mass is 16.3. The first-order chi connectivity index (χ1) is 5.29. The average molecular weight is 151 g/mol. The van der Waals surface area contributed by atoms with Crippen molar-refractivity contribution in [1.29, 1.82) is 0 Å². The Balaban J connectivity index is 3.35. The Labute approximate surface area is 62.2 Å². The van der Waals surface area contributed by atoms with Gasteiger partial charge in [0, 0.05) is 0 Å². The van der Waals surface area contributed by atoms with Crippen LogP contribution in [0.5, 0.6) is 0 Å². The maximum atomic E-state index is 10.1. The first-order valence-electron chi connectivity index (χ1n) is 2.85. The molecule has 5 heteroatoms. The lowest BCUT2D eigenvalue weighted by molar-refractivity contribution is 1.42. The Morgan fingerprint density at radius 3 is 2.36 bits per heavy atom. The topological polar surface area (TPSA) is 84.9 Å². The Morgan fingerprint density at radius 1 is 1.18 bits per heavy atom. The zero-order valence-corrected chi connectivity index (χ0v) is 5.52. The quantitative estimate of drug-likeness (QED) is 0.518. The van der Waals surface area contributed by atoms with Gasteiger partial charge < -0.3 is 5.73 Å². The number of hydrogen-bond acceptors (Lipinski definition) is 5. The van der Waals surface area contributed by atoms with Crippen molar-refractivity contribution in [2.75, 3.05) is 5.73 Å². The predicted octanol–water partition coefficient (Wildman–Crippen LogP) is 2.06. The Morgan fingerprint density at radius 2 is 1.91 bits per heavy atom. The molecular weight excluding hydrogens is 146 g/mol. The van der Waals surface area contributed by atoms with E-state index in [4.69, 9.17) is 5.73 Å². The molecule has 0 heterocycles. The van der Waals surface area contributed by atoms with E-state index < -0.39 is 0 Å². The van der Waals surface area contributed by atoms with Crippen molar-refractivity contribution in [2.45, 2.75) is 0 Å². The van der Waals surface area contributed by atoms with Crippen LogP contribution in [0.25, 0.3) is 0 Å². The number of nitrogen functional groups attached to an aromatic ring is 1. The highest BCUT2D eigenvalue weighted by molar-refractivity contribution is 5.75. The highest BCUT2D eigenvalue weighted by Gasteiger charge is 2.05. The third-order valence-electron chi connectivity index (χ3n) is 1.24.